The number of carboxylic acids is 1. The first kappa shape index (κ1) is 19.7. The summed E-state index contributed by atoms with van der Waals surface area (Å²) in [6, 6.07) is 3.57. The van der Waals surface area contributed by atoms with Gasteiger partial charge in [0.2, 0.25) is 5.43 Å². The zero-order valence-corrected chi connectivity index (χ0v) is 16.5. The fourth-order valence-electron chi connectivity index (χ4n) is 4.40. The molecule has 8 nitrogen and oxygen atoms in total. The number of ether oxygens (including phenoxy) is 1. The van der Waals surface area contributed by atoms with E-state index in [1.807, 2.05) is 11.5 Å². The minimum absolute atomic E-state index is 0.0404. The molecular formula is C21H26N2O6. The Morgan fingerprint density at radius 2 is 2.00 bits per heavy atom. The molecule has 0 bridgehead atoms. The van der Waals surface area contributed by atoms with Gasteiger partial charge in [-0.15, -0.1) is 0 Å². The summed E-state index contributed by atoms with van der Waals surface area (Å²) >= 11 is 0. The van der Waals surface area contributed by atoms with E-state index in [1.54, 1.807) is 12.1 Å². The third-order valence-electron chi connectivity index (χ3n) is 6.11. The summed E-state index contributed by atoms with van der Waals surface area (Å²) in [7, 11) is 1.54. The van der Waals surface area contributed by atoms with Gasteiger partial charge in [0.1, 0.15) is 5.56 Å². The number of rotatable bonds is 5. The average Bonchev–Trinajstić information content (AvgIpc) is 3.54. The summed E-state index contributed by atoms with van der Waals surface area (Å²) in [5.41, 5.74) is 0.607. The van der Waals surface area contributed by atoms with Crippen molar-refractivity contribution < 1.29 is 24.9 Å². The maximum atomic E-state index is 12.8. The van der Waals surface area contributed by atoms with Crippen molar-refractivity contribution in [2.45, 2.75) is 31.9 Å². The first-order chi connectivity index (χ1) is 13.9. The van der Waals surface area contributed by atoms with E-state index in [2.05, 4.69) is 4.90 Å². The highest BCUT2D eigenvalue weighted by Gasteiger charge is 2.35. The second-order valence-corrected chi connectivity index (χ2v) is 8.15. The summed E-state index contributed by atoms with van der Waals surface area (Å²) < 4.78 is 7.60. The normalized spacial score (nSPS) is 24.7. The largest absolute Gasteiger partial charge is 0.492 e. The van der Waals surface area contributed by atoms with Crippen molar-refractivity contribution in [3.63, 3.8) is 0 Å². The lowest BCUT2D eigenvalue weighted by Gasteiger charge is -2.41. The molecule has 3 N–H and O–H groups in total. The number of hydrogen-bond acceptors (Lipinski definition) is 6. The molecule has 1 saturated heterocycles. The fourth-order valence-corrected chi connectivity index (χ4v) is 4.40. The molecule has 0 amide bonds. The summed E-state index contributed by atoms with van der Waals surface area (Å²) in [4.78, 5) is 26.4. The highest BCUT2D eigenvalue weighted by Crippen LogP contribution is 2.43. The van der Waals surface area contributed by atoms with Crippen molar-refractivity contribution in [3.8, 4) is 5.75 Å². The molecule has 1 aromatic heterocycles. The molecule has 2 aliphatic rings. The summed E-state index contributed by atoms with van der Waals surface area (Å²) in [6.45, 7) is 2.87. The molecule has 3 atom stereocenters. The van der Waals surface area contributed by atoms with Gasteiger partial charge in [0.05, 0.1) is 36.4 Å². The maximum absolute atomic E-state index is 12.8. The lowest BCUT2D eigenvalue weighted by molar-refractivity contribution is 0.0176. The van der Waals surface area contributed by atoms with Crippen molar-refractivity contribution >= 4 is 22.6 Å². The SMILES string of the molecule is COc1c(N2CC(C)C(O)C(CO)C2)ccc2c(=O)c(C(=O)O)cn(C3CC3)c12. The third kappa shape index (κ3) is 3.26. The van der Waals surface area contributed by atoms with E-state index in [1.165, 1.54) is 13.3 Å². The molecule has 0 spiro atoms. The Labute approximate surface area is 167 Å². The molecule has 2 aromatic rings. The molecule has 29 heavy (non-hydrogen) atoms. The second kappa shape index (κ2) is 7.35. The van der Waals surface area contributed by atoms with E-state index in [0.717, 1.165) is 18.5 Å². The summed E-state index contributed by atoms with van der Waals surface area (Å²) in [5.74, 6) is -1.04. The molecule has 1 saturated carbocycles. The van der Waals surface area contributed by atoms with E-state index in [0.29, 0.717) is 29.7 Å². The van der Waals surface area contributed by atoms with Crippen LogP contribution in [0, 0.1) is 11.8 Å². The maximum Gasteiger partial charge on any atom is 0.341 e. The number of piperidine rings is 1. The van der Waals surface area contributed by atoms with Crippen LogP contribution in [0.1, 0.15) is 36.2 Å². The van der Waals surface area contributed by atoms with Gasteiger partial charge in [-0.1, -0.05) is 6.92 Å². The number of nitrogens with zero attached hydrogens (tertiary/aromatic N) is 2. The third-order valence-corrected chi connectivity index (χ3v) is 6.11. The van der Waals surface area contributed by atoms with Gasteiger partial charge >= 0.3 is 5.97 Å². The number of aromatic nitrogens is 1. The Morgan fingerprint density at radius 3 is 2.59 bits per heavy atom. The van der Waals surface area contributed by atoms with E-state index in [4.69, 9.17) is 4.74 Å². The van der Waals surface area contributed by atoms with Gasteiger partial charge in [0.25, 0.3) is 0 Å². The van der Waals surface area contributed by atoms with Crippen molar-refractivity contribution in [3.05, 3.63) is 34.1 Å². The minimum Gasteiger partial charge on any atom is -0.492 e. The zero-order valence-electron chi connectivity index (χ0n) is 16.5. The number of methoxy groups -OCH3 is 1. The Hall–Kier alpha value is -2.58. The van der Waals surface area contributed by atoms with E-state index in [9.17, 15) is 24.9 Å². The van der Waals surface area contributed by atoms with Gasteiger partial charge in [-0.05, 0) is 30.9 Å². The molecule has 0 radical (unpaired) electrons. The highest BCUT2D eigenvalue weighted by atomic mass is 16.5. The standard InChI is InChI=1S/C21H26N2O6/c1-11-7-22(8-12(10-24)18(11)25)16-6-5-14-17(20(16)29-2)23(13-3-4-13)9-15(19(14)26)21(27)28/h5-6,9,11-13,18,24-25H,3-4,7-8,10H2,1-2H3,(H,27,28). The van der Waals surface area contributed by atoms with Crippen LogP contribution < -0.4 is 15.1 Å². The molecule has 1 aromatic carbocycles. The Morgan fingerprint density at radius 1 is 1.28 bits per heavy atom. The van der Waals surface area contributed by atoms with Crippen LogP contribution in [0.25, 0.3) is 10.9 Å². The highest BCUT2D eigenvalue weighted by molar-refractivity contribution is 5.97. The predicted molar refractivity (Wildman–Crippen MR) is 108 cm³/mol. The first-order valence-electron chi connectivity index (χ1n) is 9.90. The topological polar surface area (TPSA) is 112 Å². The number of carboxylic acid groups (broad SMARTS) is 1. The lowest BCUT2D eigenvalue weighted by Crippen LogP contribution is -2.49. The quantitative estimate of drug-likeness (QED) is 0.694. The van der Waals surface area contributed by atoms with Gasteiger partial charge in [0.15, 0.2) is 5.75 Å². The van der Waals surface area contributed by atoms with Crippen LogP contribution in [0.2, 0.25) is 0 Å². The minimum atomic E-state index is -1.24. The summed E-state index contributed by atoms with van der Waals surface area (Å²) in [5, 5.41) is 29.8. The van der Waals surface area contributed by atoms with Crippen LogP contribution in [0.5, 0.6) is 5.75 Å². The van der Waals surface area contributed by atoms with E-state index >= 15 is 0 Å². The van der Waals surface area contributed by atoms with Gasteiger partial charge in [-0.3, -0.25) is 4.79 Å². The molecule has 2 fully saturated rings. The van der Waals surface area contributed by atoms with Gasteiger partial charge in [0, 0.05) is 31.2 Å². The molecular weight excluding hydrogens is 376 g/mol. The van der Waals surface area contributed by atoms with Crippen LogP contribution in [0.3, 0.4) is 0 Å². The van der Waals surface area contributed by atoms with Crippen LogP contribution in [0.4, 0.5) is 5.69 Å². The van der Waals surface area contributed by atoms with Gasteiger partial charge in [-0.25, -0.2) is 4.79 Å². The monoisotopic (exact) mass is 402 g/mol. The van der Waals surface area contributed by atoms with Crippen LogP contribution in [-0.2, 0) is 0 Å². The average molecular weight is 402 g/mol. The first-order valence-corrected chi connectivity index (χ1v) is 9.90. The Bertz CT molecular complexity index is 1010. The van der Waals surface area contributed by atoms with Crippen LogP contribution in [0.15, 0.2) is 23.1 Å². The molecule has 3 unspecified atom stereocenters. The zero-order chi connectivity index (χ0) is 20.9. The smallest absolute Gasteiger partial charge is 0.341 e. The number of aliphatic hydroxyl groups excluding tert-OH is 2. The van der Waals surface area contributed by atoms with Crippen molar-refractivity contribution in [2.24, 2.45) is 11.8 Å². The number of aliphatic hydroxyl groups is 2. The summed E-state index contributed by atoms with van der Waals surface area (Å²) in [6.07, 6.45) is 2.69. The fraction of sp³-hybridized carbons (Fsp3) is 0.524. The number of benzene rings is 1. The van der Waals surface area contributed by atoms with Crippen molar-refractivity contribution in [1.82, 2.24) is 4.57 Å². The lowest BCUT2D eigenvalue weighted by atomic mass is 9.87. The number of carbonyl (C=O) groups is 1. The second-order valence-electron chi connectivity index (χ2n) is 8.15. The molecule has 8 heteroatoms. The van der Waals surface area contributed by atoms with Gasteiger partial charge < -0.3 is 29.5 Å². The predicted octanol–water partition coefficient (Wildman–Crippen LogP) is 1.47. The van der Waals surface area contributed by atoms with E-state index < -0.39 is 17.5 Å². The molecule has 4 rings (SSSR count). The molecule has 1 aliphatic heterocycles. The molecule has 156 valence electrons. The van der Waals surface area contributed by atoms with Crippen LogP contribution >= 0.6 is 0 Å². The van der Waals surface area contributed by atoms with Crippen molar-refractivity contribution in [1.29, 1.82) is 0 Å². The number of fused-ring (bicyclic) bond motifs is 1. The van der Waals surface area contributed by atoms with Gasteiger partial charge in [-0.2, -0.15) is 0 Å². The number of hydrogen-bond donors (Lipinski definition) is 3. The van der Waals surface area contributed by atoms with E-state index in [-0.39, 0.29) is 30.0 Å². The Balaban J connectivity index is 1.91. The molecule has 2 heterocycles. The number of aromatic carboxylic acids is 1. The Kier molecular flexibility index (Phi) is 5.00. The molecule has 1 aliphatic carbocycles. The number of pyridine rings is 1. The van der Waals surface area contributed by atoms with Crippen LogP contribution in [-0.4, -0.2) is 58.8 Å². The number of anilines is 1. The van der Waals surface area contributed by atoms with Crippen molar-refractivity contribution in [2.75, 3.05) is 31.7 Å².